The molecule has 0 fully saturated rings. The van der Waals surface area contributed by atoms with Crippen LogP contribution in [0.4, 0.5) is 0 Å². The number of nitrogens with one attached hydrogen (secondary N) is 2. The zero-order valence-corrected chi connectivity index (χ0v) is 24.6. The number of aromatic nitrogens is 1. The molecule has 4 nitrogen and oxygen atoms in total. The summed E-state index contributed by atoms with van der Waals surface area (Å²) in [6.07, 6.45) is -0.255. The molecule has 2 unspecified atom stereocenters. The molecule has 0 aliphatic carbocycles. The van der Waals surface area contributed by atoms with Gasteiger partial charge in [0, 0.05) is 42.2 Å². The van der Waals surface area contributed by atoms with E-state index in [0.29, 0.717) is 0 Å². The van der Waals surface area contributed by atoms with Gasteiger partial charge >= 0.3 is 0 Å². The molecular weight excluding hydrogens is 557 g/mol. The molecule has 44 heavy (non-hydrogen) atoms. The smallest absolute Gasteiger partial charge is 0.131 e. The highest BCUT2D eigenvalue weighted by Crippen LogP contribution is 2.43. The third-order valence-corrected chi connectivity index (χ3v) is 9.82. The van der Waals surface area contributed by atoms with Crippen LogP contribution in [0.15, 0.2) is 151 Å². The molecule has 2 aromatic heterocycles. The maximum Gasteiger partial charge on any atom is 0.131 e. The van der Waals surface area contributed by atoms with Crippen molar-refractivity contribution < 1.29 is 0 Å². The van der Waals surface area contributed by atoms with Crippen molar-refractivity contribution in [1.29, 1.82) is 0 Å². The highest BCUT2D eigenvalue weighted by atomic mass is 32.1. The van der Waals surface area contributed by atoms with Crippen molar-refractivity contribution in [1.82, 2.24) is 15.2 Å². The monoisotopic (exact) mass is 584 g/mol. The molecule has 6 aromatic carbocycles. The molecule has 0 radical (unpaired) electrons. The zero-order chi connectivity index (χ0) is 29.0. The van der Waals surface area contributed by atoms with Crippen molar-refractivity contribution >= 4 is 59.2 Å². The molecule has 2 atom stereocenters. The maximum atomic E-state index is 5.06. The first-order valence-electron chi connectivity index (χ1n) is 15.0. The Labute approximate surface area is 258 Å². The van der Waals surface area contributed by atoms with E-state index in [0.717, 1.165) is 28.2 Å². The number of hydrogen-bond acceptors (Lipinski definition) is 4. The Bertz CT molecular complexity index is 2330. The van der Waals surface area contributed by atoms with Crippen LogP contribution in [0.3, 0.4) is 0 Å². The summed E-state index contributed by atoms with van der Waals surface area (Å²) in [5.74, 6) is 0.890. The number of para-hydroxylation sites is 1. The molecule has 2 N–H and O–H groups in total. The first kappa shape index (κ1) is 25.3. The first-order valence-corrected chi connectivity index (χ1v) is 15.8. The van der Waals surface area contributed by atoms with Gasteiger partial charge in [-0.1, -0.05) is 109 Å². The molecule has 0 spiro atoms. The molecule has 8 aromatic rings. The Balaban J connectivity index is 1.15. The molecule has 0 saturated heterocycles. The van der Waals surface area contributed by atoms with E-state index < -0.39 is 0 Å². The van der Waals surface area contributed by atoms with Crippen LogP contribution in [0.25, 0.3) is 47.7 Å². The van der Waals surface area contributed by atoms with Gasteiger partial charge < -0.3 is 9.88 Å². The van der Waals surface area contributed by atoms with Crippen molar-refractivity contribution in [2.75, 3.05) is 0 Å². The number of benzene rings is 6. The zero-order valence-electron chi connectivity index (χ0n) is 23.8. The predicted molar refractivity (Wildman–Crippen MR) is 185 cm³/mol. The molecule has 0 amide bonds. The third kappa shape index (κ3) is 4.05. The Hall–Kier alpha value is -5.23. The fourth-order valence-electron chi connectivity index (χ4n) is 6.65. The van der Waals surface area contributed by atoms with E-state index in [1.165, 1.54) is 42.0 Å². The van der Waals surface area contributed by atoms with E-state index in [-0.39, 0.29) is 12.3 Å². The van der Waals surface area contributed by atoms with Crippen molar-refractivity contribution in [2.24, 2.45) is 4.99 Å². The molecule has 0 saturated carbocycles. The Morgan fingerprint density at radius 2 is 1.25 bits per heavy atom. The standard InChI is InChI=1S/C39H28N4S/c1-3-11-25(12-4-1)37-40-38(26-13-5-2-6-14-26)42-39(41-37)27-19-21-28(22-20-27)43-31-17-9-7-15-29(31)35-32(43)23-24-34-36(35)30-16-8-10-18-33(30)44-34/h1-24,37,39,41H,(H,40,42). The molecule has 5 heteroatoms. The molecule has 1 aliphatic heterocycles. The van der Waals surface area contributed by atoms with Gasteiger partial charge in [-0.25, -0.2) is 4.99 Å². The quantitative estimate of drug-likeness (QED) is 0.216. The molecule has 1 aliphatic rings. The summed E-state index contributed by atoms with van der Waals surface area (Å²) >= 11 is 1.87. The minimum atomic E-state index is -0.155. The van der Waals surface area contributed by atoms with Gasteiger partial charge in [0.15, 0.2) is 0 Å². The number of rotatable bonds is 4. The first-order chi connectivity index (χ1) is 21.8. The summed E-state index contributed by atoms with van der Waals surface area (Å²) in [6, 6.07) is 51.9. The molecular formula is C39H28N4S. The average molecular weight is 585 g/mol. The van der Waals surface area contributed by atoms with E-state index in [9.17, 15) is 0 Å². The van der Waals surface area contributed by atoms with Crippen molar-refractivity contribution in [3.05, 3.63) is 162 Å². The van der Waals surface area contributed by atoms with Gasteiger partial charge in [0.05, 0.1) is 11.0 Å². The number of amidine groups is 1. The van der Waals surface area contributed by atoms with Crippen LogP contribution < -0.4 is 10.6 Å². The lowest BCUT2D eigenvalue weighted by atomic mass is 10.1. The summed E-state index contributed by atoms with van der Waals surface area (Å²) < 4.78 is 5.07. The van der Waals surface area contributed by atoms with Gasteiger partial charge in [0.1, 0.15) is 18.2 Å². The topological polar surface area (TPSA) is 41.4 Å². The van der Waals surface area contributed by atoms with Crippen LogP contribution >= 0.6 is 11.3 Å². The normalized spacial score (nSPS) is 16.9. The predicted octanol–water partition coefficient (Wildman–Crippen LogP) is 9.49. The van der Waals surface area contributed by atoms with Crippen molar-refractivity contribution in [3.8, 4) is 5.69 Å². The van der Waals surface area contributed by atoms with Gasteiger partial charge in [-0.2, -0.15) is 0 Å². The van der Waals surface area contributed by atoms with Gasteiger partial charge in [0.2, 0.25) is 0 Å². The van der Waals surface area contributed by atoms with E-state index in [1.807, 2.05) is 23.5 Å². The van der Waals surface area contributed by atoms with E-state index in [4.69, 9.17) is 4.99 Å². The van der Waals surface area contributed by atoms with Crippen LogP contribution in [0.2, 0.25) is 0 Å². The van der Waals surface area contributed by atoms with E-state index >= 15 is 0 Å². The van der Waals surface area contributed by atoms with Crippen LogP contribution in [-0.2, 0) is 0 Å². The molecule has 9 rings (SSSR count). The lowest BCUT2D eigenvalue weighted by molar-refractivity contribution is 0.409. The van der Waals surface area contributed by atoms with Crippen LogP contribution in [0.1, 0.15) is 29.0 Å². The minimum absolute atomic E-state index is 0.100. The summed E-state index contributed by atoms with van der Waals surface area (Å²) in [6.45, 7) is 0. The second-order valence-electron chi connectivity index (χ2n) is 11.3. The second kappa shape index (κ2) is 10.2. The number of aliphatic imine (C=N–C) groups is 1. The number of hydrogen-bond donors (Lipinski definition) is 2. The highest BCUT2D eigenvalue weighted by molar-refractivity contribution is 7.26. The second-order valence-corrected chi connectivity index (χ2v) is 12.4. The summed E-state index contributed by atoms with van der Waals surface area (Å²) in [4.78, 5) is 5.06. The molecule has 210 valence electrons. The Morgan fingerprint density at radius 3 is 2.07 bits per heavy atom. The summed E-state index contributed by atoms with van der Waals surface area (Å²) in [5.41, 5.74) is 6.97. The highest BCUT2D eigenvalue weighted by Gasteiger charge is 2.25. The molecule has 0 bridgehead atoms. The average Bonchev–Trinajstić information content (AvgIpc) is 3.64. The lowest BCUT2D eigenvalue weighted by Crippen LogP contribution is -2.44. The minimum Gasteiger partial charge on any atom is -0.350 e. The van der Waals surface area contributed by atoms with Gasteiger partial charge in [0.25, 0.3) is 0 Å². The van der Waals surface area contributed by atoms with Gasteiger partial charge in [-0.05, 0) is 47.5 Å². The number of nitrogens with zero attached hydrogens (tertiary/aromatic N) is 2. The molecule has 3 heterocycles. The lowest BCUT2D eigenvalue weighted by Gasteiger charge is -2.32. The number of thiophene rings is 1. The third-order valence-electron chi connectivity index (χ3n) is 8.69. The summed E-state index contributed by atoms with van der Waals surface area (Å²) in [5, 5.41) is 12.7. The van der Waals surface area contributed by atoms with Gasteiger partial charge in [-0.3, -0.25) is 5.32 Å². The summed E-state index contributed by atoms with van der Waals surface area (Å²) in [7, 11) is 0. The van der Waals surface area contributed by atoms with Crippen molar-refractivity contribution in [3.63, 3.8) is 0 Å². The fourth-order valence-corrected chi connectivity index (χ4v) is 7.76. The van der Waals surface area contributed by atoms with Gasteiger partial charge in [-0.15, -0.1) is 11.3 Å². The van der Waals surface area contributed by atoms with E-state index in [1.54, 1.807) is 0 Å². The maximum absolute atomic E-state index is 5.06. The van der Waals surface area contributed by atoms with Crippen LogP contribution in [0.5, 0.6) is 0 Å². The Kier molecular flexibility index (Phi) is 5.86. The Morgan fingerprint density at radius 1 is 0.545 bits per heavy atom. The van der Waals surface area contributed by atoms with Crippen LogP contribution in [0, 0.1) is 0 Å². The van der Waals surface area contributed by atoms with Crippen LogP contribution in [-0.4, -0.2) is 10.4 Å². The largest absolute Gasteiger partial charge is 0.350 e. The van der Waals surface area contributed by atoms with Crippen molar-refractivity contribution in [2.45, 2.75) is 12.3 Å². The SMILES string of the molecule is c1ccc(C2=NC(c3ccccc3)NC(c3ccc(-n4c5ccccc5c5c6c(ccc54)sc4ccccc46)cc3)N2)cc1. The van der Waals surface area contributed by atoms with E-state index in [2.05, 4.69) is 149 Å². The fraction of sp³-hybridized carbons (Fsp3) is 0.0513. The number of fused-ring (bicyclic) bond motifs is 7.